The monoisotopic (exact) mass is 257 g/mol. The number of rotatable bonds is 6. The Kier molecular flexibility index (Phi) is 7.53. The third-order valence-corrected chi connectivity index (χ3v) is 3.68. The molecule has 2 N–H and O–H groups in total. The summed E-state index contributed by atoms with van der Waals surface area (Å²) >= 11 is 5.25. The molecule has 1 unspecified atom stereocenters. The normalized spacial score (nSPS) is 18.7. The van der Waals surface area contributed by atoms with E-state index in [9.17, 15) is 0 Å². The maximum Gasteiger partial charge on any atom is 0.166 e. The SMILES string of the molecule is CCCCNC(=S)NCC(C)N1CCCCC1. The summed E-state index contributed by atoms with van der Waals surface area (Å²) in [6.45, 7) is 8.92. The van der Waals surface area contributed by atoms with Crippen molar-refractivity contribution in [3.63, 3.8) is 0 Å². The Hall–Kier alpha value is -0.350. The molecule has 0 amide bonds. The molecule has 1 atom stereocenters. The van der Waals surface area contributed by atoms with Crippen molar-refractivity contribution in [2.24, 2.45) is 0 Å². The van der Waals surface area contributed by atoms with E-state index in [1.807, 2.05) is 0 Å². The fourth-order valence-electron chi connectivity index (χ4n) is 2.17. The minimum atomic E-state index is 0.584. The van der Waals surface area contributed by atoms with E-state index in [2.05, 4.69) is 29.4 Å². The molecule has 0 aliphatic carbocycles. The molecule has 17 heavy (non-hydrogen) atoms. The molecule has 0 spiro atoms. The first-order valence-electron chi connectivity index (χ1n) is 6.99. The number of unbranched alkanes of at least 4 members (excludes halogenated alkanes) is 1. The highest BCUT2D eigenvalue weighted by atomic mass is 32.1. The van der Waals surface area contributed by atoms with Crippen LogP contribution in [0.15, 0.2) is 0 Å². The summed E-state index contributed by atoms with van der Waals surface area (Å²) in [5.74, 6) is 0. The Morgan fingerprint density at radius 1 is 1.24 bits per heavy atom. The molecule has 1 rings (SSSR count). The molecule has 1 heterocycles. The zero-order chi connectivity index (χ0) is 12.5. The Bertz CT molecular complexity index is 215. The van der Waals surface area contributed by atoms with Crippen molar-refractivity contribution in [2.45, 2.75) is 52.0 Å². The minimum Gasteiger partial charge on any atom is -0.363 e. The van der Waals surface area contributed by atoms with Crippen molar-refractivity contribution < 1.29 is 0 Å². The lowest BCUT2D eigenvalue weighted by molar-refractivity contribution is 0.174. The maximum atomic E-state index is 5.25. The quantitative estimate of drug-likeness (QED) is 0.563. The summed E-state index contributed by atoms with van der Waals surface area (Å²) in [6.07, 6.45) is 6.49. The summed E-state index contributed by atoms with van der Waals surface area (Å²) in [5.41, 5.74) is 0. The van der Waals surface area contributed by atoms with Crippen molar-refractivity contribution in [1.82, 2.24) is 15.5 Å². The number of thiocarbonyl (C=S) groups is 1. The second-order valence-corrected chi connectivity index (χ2v) is 5.34. The van der Waals surface area contributed by atoms with Crippen LogP contribution in [0.1, 0.15) is 46.0 Å². The Morgan fingerprint density at radius 3 is 2.59 bits per heavy atom. The van der Waals surface area contributed by atoms with Gasteiger partial charge in [-0.1, -0.05) is 19.8 Å². The molecule has 0 aromatic carbocycles. The van der Waals surface area contributed by atoms with Crippen LogP contribution >= 0.6 is 12.2 Å². The topological polar surface area (TPSA) is 27.3 Å². The number of hydrogen-bond donors (Lipinski definition) is 2. The van der Waals surface area contributed by atoms with E-state index < -0.39 is 0 Å². The van der Waals surface area contributed by atoms with Gasteiger partial charge in [0, 0.05) is 19.1 Å². The van der Waals surface area contributed by atoms with Crippen LogP contribution in [-0.2, 0) is 0 Å². The molecular weight excluding hydrogens is 230 g/mol. The van der Waals surface area contributed by atoms with Crippen molar-refractivity contribution in [3.05, 3.63) is 0 Å². The van der Waals surface area contributed by atoms with Gasteiger partial charge in [-0.05, 0) is 51.5 Å². The van der Waals surface area contributed by atoms with Gasteiger partial charge in [-0.3, -0.25) is 4.90 Å². The highest BCUT2D eigenvalue weighted by Crippen LogP contribution is 2.11. The number of hydrogen-bond acceptors (Lipinski definition) is 2. The molecule has 1 aliphatic rings. The third-order valence-electron chi connectivity index (χ3n) is 3.39. The lowest BCUT2D eigenvalue weighted by Crippen LogP contribution is -2.46. The van der Waals surface area contributed by atoms with Gasteiger partial charge in [0.15, 0.2) is 5.11 Å². The molecule has 100 valence electrons. The van der Waals surface area contributed by atoms with Crippen LogP contribution in [0.5, 0.6) is 0 Å². The maximum absolute atomic E-state index is 5.25. The highest BCUT2D eigenvalue weighted by molar-refractivity contribution is 7.80. The van der Waals surface area contributed by atoms with Crippen LogP contribution in [0.3, 0.4) is 0 Å². The number of likely N-dealkylation sites (tertiary alicyclic amines) is 1. The average molecular weight is 257 g/mol. The van der Waals surface area contributed by atoms with E-state index in [1.165, 1.54) is 45.2 Å². The van der Waals surface area contributed by atoms with Gasteiger partial charge in [0.05, 0.1) is 0 Å². The average Bonchev–Trinajstić information content (AvgIpc) is 2.37. The van der Waals surface area contributed by atoms with Crippen LogP contribution < -0.4 is 10.6 Å². The van der Waals surface area contributed by atoms with Gasteiger partial charge in [-0.2, -0.15) is 0 Å². The highest BCUT2D eigenvalue weighted by Gasteiger charge is 2.16. The van der Waals surface area contributed by atoms with Gasteiger partial charge >= 0.3 is 0 Å². The zero-order valence-corrected chi connectivity index (χ0v) is 12.1. The van der Waals surface area contributed by atoms with Gasteiger partial charge in [-0.15, -0.1) is 0 Å². The summed E-state index contributed by atoms with van der Waals surface area (Å²) < 4.78 is 0. The molecule has 1 fully saturated rings. The Labute approximate surface area is 111 Å². The Balaban J connectivity index is 2.09. The molecule has 1 aliphatic heterocycles. The summed E-state index contributed by atoms with van der Waals surface area (Å²) in [4.78, 5) is 2.56. The second kappa shape index (κ2) is 8.70. The standard InChI is InChI=1S/C13H27N3S/c1-3-4-8-14-13(17)15-11-12(2)16-9-6-5-7-10-16/h12H,3-11H2,1-2H3,(H2,14,15,17). The van der Waals surface area contributed by atoms with E-state index in [4.69, 9.17) is 12.2 Å². The van der Waals surface area contributed by atoms with Gasteiger partial charge in [0.25, 0.3) is 0 Å². The summed E-state index contributed by atoms with van der Waals surface area (Å²) in [6, 6.07) is 0.584. The lowest BCUT2D eigenvalue weighted by atomic mass is 10.1. The van der Waals surface area contributed by atoms with Crippen LogP contribution in [0.2, 0.25) is 0 Å². The molecule has 0 bridgehead atoms. The van der Waals surface area contributed by atoms with Crippen LogP contribution in [0, 0.1) is 0 Å². The van der Waals surface area contributed by atoms with Crippen LogP contribution in [0.4, 0.5) is 0 Å². The number of nitrogens with one attached hydrogen (secondary N) is 2. The van der Waals surface area contributed by atoms with Crippen molar-refractivity contribution >= 4 is 17.3 Å². The van der Waals surface area contributed by atoms with E-state index in [1.54, 1.807) is 0 Å². The Morgan fingerprint density at radius 2 is 1.94 bits per heavy atom. The van der Waals surface area contributed by atoms with E-state index >= 15 is 0 Å². The molecule has 4 heteroatoms. The number of piperidine rings is 1. The van der Waals surface area contributed by atoms with Gasteiger partial charge in [-0.25, -0.2) is 0 Å². The zero-order valence-electron chi connectivity index (χ0n) is 11.3. The first-order valence-corrected chi connectivity index (χ1v) is 7.40. The second-order valence-electron chi connectivity index (χ2n) is 4.94. The van der Waals surface area contributed by atoms with E-state index in [0.717, 1.165) is 18.2 Å². The molecule has 1 saturated heterocycles. The van der Waals surface area contributed by atoms with Crippen LogP contribution in [-0.4, -0.2) is 42.2 Å². The summed E-state index contributed by atoms with van der Waals surface area (Å²) in [7, 11) is 0. The van der Waals surface area contributed by atoms with Crippen molar-refractivity contribution in [2.75, 3.05) is 26.2 Å². The molecular formula is C13H27N3S. The molecule has 0 saturated carbocycles. The van der Waals surface area contributed by atoms with E-state index in [0.29, 0.717) is 6.04 Å². The first-order chi connectivity index (χ1) is 8.24. The molecule has 3 nitrogen and oxygen atoms in total. The van der Waals surface area contributed by atoms with Gasteiger partial charge < -0.3 is 10.6 Å². The van der Waals surface area contributed by atoms with Crippen molar-refractivity contribution in [1.29, 1.82) is 0 Å². The molecule has 0 aromatic heterocycles. The third kappa shape index (κ3) is 6.22. The van der Waals surface area contributed by atoms with Crippen LogP contribution in [0.25, 0.3) is 0 Å². The van der Waals surface area contributed by atoms with Gasteiger partial charge in [0.1, 0.15) is 0 Å². The minimum absolute atomic E-state index is 0.584. The predicted octanol–water partition coefficient (Wildman–Crippen LogP) is 2.12. The largest absolute Gasteiger partial charge is 0.363 e. The lowest BCUT2D eigenvalue weighted by Gasteiger charge is -2.32. The summed E-state index contributed by atoms with van der Waals surface area (Å²) in [5, 5.41) is 7.37. The molecule has 0 radical (unpaired) electrons. The van der Waals surface area contributed by atoms with E-state index in [-0.39, 0.29) is 0 Å². The fraction of sp³-hybridized carbons (Fsp3) is 0.923. The molecule has 0 aromatic rings. The smallest absolute Gasteiger partial charge is 0.166 e. The first kappa shape index (κ1) is 14.7. The van der Waals surface area contributed by atoms with Gasteiger partial charge in [0.2, 0.25) is 0 Å². The van der Waals surface area contributed by atoms with Crippen molar-refractivity contribution in [3.8, 4) is 0 Å². The predicted molar refractivity (Wildman–Crippen MR) is 78.4 cm³/mol. The number of nitrogens with zero attached hydrogens (tertiary/aromatic N) is 1. The fourth-order valence-corrected chi connectivity index (χ4v) is 2.36.